The minimum atomic E-state index is -0.199. The Kier molecular flexibility index (Phi) is 5.09. The highest BCUT2D eigenvalue weighted by molar-refractivity contribution is 7.09. The quantitative estimate of drug-likeness (QED) is 0.729. The number of aliphatic hydroxyl groups is 1. The number of rotatable bonds is 6. The van der Waals surface area contributed by atoms with Crippen LogP contribution in [0.4, 0.5) is 10.8 Å². The monoisotopic (exact) mass is 324 g/mol. The van der Waals surface area contributed by atoms with E-state index in [1.54, 1.807) is 12.4 Å². The number of hydrogen-bond acceptors (Lipinski definition) is 7. The molecule has 9 heteroatoms. The highest BCUT2D eigenvalue weighted by Crippen LogP contribution is 2.24. The van der Waals surface area contributed by atoms with Crippen LogP contribution in [-0.2, 0) is 16.8 Å². The molecule has 0 radical (unpaired) electrons. The van der Waals surface area contributed by atoms with Crippen molar-refractivity contribution < 1.29 is 9.90 Å². The third kappa shape index (κ3) is 4.50. The van der Waals surface area contributed by atoms with Gasteiger partial charge in [-0.3, -0.25) is 9.48 Å². The molecule has 120 valence electrons. The van der Waals surface area contributed by atoms with Crippen molar-refractivity contribution >= 4 is 28.3 Å². The predicted molar refractivity (Wildman–Crippen MR) is 84.2 cm³/mol. The molecule has 0 atom stereocenters. The summed E-state index contributed by atoms with van der Waals surface area (Å²) in [6, 6.07) is 0. The third-order valence-electron chi connectivity index (χ3n) is 2.72. The summed E-state index contributed by atoms with van der Waals surface area (Å²) in [7, 11) is 0. The van der Waals surface area contributed by atoms with Crippen LogP contribution < -0.4 is 10.6 Å². The van der Waals surface area contributed by atoms with Gasteiger partial charge in [-0.15, -0.1) is 0 Å². The molecule has 0 saturated heterocycles. The number of aliphatic hydroxyl groups excluding tert-OH is 1. The maximum absolute atomic E-state index is 11.5. The van der Waals surface area contributed by atoms with Crippen LogP contribution in [0.1, 0.15) is 26.6 Å². The molecule has 0 spiro atoms. The maximum Gasteiger partial charge on any atom is 0.241 e. The van der Waals surface area contributed by atoms with Gasteiger partial charge in [0.25, 0.3) is 0 Å². The van der Waals surface area contributed by atoms with Crippen molar-refractivity contribution in [2.24, 2.45) is 0 Å². The Morgan fingerprint density at radius 3 is 2.86 bits per heavy atom. The molecule has 0 aliphatic rings. The van der Waals surface area contributed by atoms with E-state index >= 15 is 0 Å². The predicted octanol–water partition coefficient (Wildman–Crippen LogP) is 0.884. The normalized spacial score (nSPS) is 11.5. The molecule has 0 saturated carbocycles. The Balaban J connectivity index is 1.94. The molecule has 0 bridgehead atoms. The lowest BCUT2D eigenvalue weighted by Gasteiger charge is -2.12. The molecule has 0 aliphatic heterocycles. The number of nitrogens with one attached hydrogen (secondary N) is 2. The molecule has 8 nitrogen and oxygen atoms in total. The molecule has 0 unspecified atom stereocenters. The van der Waals surface area contributed by atoms with Crippen LogP contribution in [0.25, 0.3) is 0 Å². The average molecular weight is 324 g/mol. The van der Waals surface area contributed by atoms with Crippen LogP contribution in [0.2, 0.25) is 0 Å². The summed E-state index contributed by atoms with van der Waals surface area (Å²) in [4.78, 5) is 16.0. The lowest BCUT2D eigenvalue weighted by molar-refractivity contribution is -0.122. The van der Waals surface area contributed by atoms with Gasteiger partial charge in [0.2, 0.25) is 11.0 Å². The fraction of sp³-hybridized carbons (Fsp3) is 0.538. The summed E-state index contributed by atoms with van der Waals surface area (Å²) in [5.41, 5.74) is 0.650. The smallest absolute Gasteiger partial charge is 0.241 e. The topological polar surface area (TPSA) is 105 Å². The molecule has 2 aromatic heterocycles. The summed E-state index contributed by atoms with van der Waals surface area (Å²) in [6.07, 6.45) is 3.34. The van der Waals surface area contributed by atoms with E-state index < -0.39 is 0 Å². The second-order valence-corrected chi connectivity index (χ2v) is 6.55. The van der Waals surface area contributed by atoms with E-state index in [1.165, 1.54) is 16.2 Å². The average Bonchev–Trinajstić information content (AvgIpc) is 3.06. The van der Waals surface area contributed by atoms with Crippen LogP contribution in [-0.4, -0.2) is 43.3 Å². The summed E-state index contributed by atoms with van der Waals surface area (Å²) >= 11 is 1.29. The Labute approximate surface area is 132 Å². The van der Waals surface area contributed by atoms with E-state index in [0.717, 1.165) is 11.5 Å². The highest BCUT2D eigenvalue weighted by atomic mass is 32.1. The van der Waals surface area contributed by atoms with Crippen LogP contribution in [0.15, 0.2) is 12.4 Å². The van der Waals surface area contributed by atoms with E-state index in [1.807, 2.05) is 0 Å². The molecular formula is C13H20N6O2S. The van der Waals surface area contributed by atoms with E-state index in [4.69, 9.17) is 5.11 Å². The highest BCUT2D eigenvalue weighted by Gasteiger charge is 2.19. The van der Waals surface area contributed by atoms with Gasteiger partial charge in [0.15, 0.2) is 0 Å². The molecule has 0 aliphatic carbocycles. The lowest BCUT2D eigenvalue weighted by Crippen LogP contribution is -2.30. The van der Waals surface area contributed by atoms with Gasteiger partial charge < -0.3 is 15.7 Å². The summed E-state index contributed by atoms with van der Waals surface area (Å²) in [6.45, 7) is 6.44. The SMILES string of the molecule is CC(C)(C)c1nsc(Nc2cnn(CC(=O)NCCO)c2)n1. The molecule has 2 rings (SSSR count). The van der Waals surface area contributed by atoms with Crippen LogP contribution in [0, 0.1) is 0 Å². The van der Waals surface area contributed by atoms with Gasteiger partial charge in [-0.25, -0.2) is 4.98 Å². The Bertz CT molecular complexity index is 631. The lowest BCUT2D eigenvalue weighted by atomic mass is 9.96. The van der Waals surface area contributed by atoms with Crippen molar-refractivity contribution in [2.45, 2.75) is 32.7 Å². The van der Waals surface area contributed by atoms with Gasteiger partial charge in [0.1, 0.15) is 12.4 Å². The molecule has 2 aromatic rings. The Morgan fingerprint density at radius 2 is 2.23 bits per heavy atom. The molecule has 0 fully saturated rings. The van der Waals surface area contributed by atoms with Crippen molar-refractivity contribution in [1.82, 2.24) is 24.5 Å². The Hall–Kier alpha value is -2.00. The first kappa shape index (κ1) is 16.4. The number of carbonyl (C=O) groups excluding carboxylic acids is 1. The summed E-state index contributed by atoms with van der Waals surface area (Å²) in [5.74, 6) is 0.588. The molecule has 22 heavy (non-hydrogen) atoms. The zero-order valence-electron chi connectivity index (χ0n) is 12.8. The van der Waals surface area contributed by atoms with E-state index in [0.29, 0.717) is 5.13 Å². The second kappa shape index (κ2) is 6.84. The summed E-state index contributed by atoms with van der Waals surface area (Å²) < 4.78 is 5.84. The zero-order valence-corrected chi connectivity index (χ0v) is 13.6. The number of nitrogens with zero attached hydrogens (tertiary/aromatic N) is 4. The number of aromatic nitrogens is 4. The number of hydrogen-bond donors (Lipinski definition) is 3. The number of anilines is 2. The van der Waals surface area contributed by atoms with Crippen LogP contribution in [0.5, 0.6) is 0 Å². The maximum atomic E-state index is 11.5. The summed E-state index contributed by atoms with van der Waals surface area (Å²) in [5, 5.41) is 19.1. The molecule has 3 N–H and O–H groups in total. The van der Waals surface area contributed by atoms with Crippen LogP contribution in [0.3, 0.4) is 0 Å². The van der Waals surface area contributed by atoms with Gasteiger partial charge in [-0.05, 0) is 0 Å². The van der Waals surface area contributed by atoms with Gasteiger partial charge in [-0.2, -0.15) is 9.47 Å². The van der Waals surface area contributed by atoms with E-state index in [9.17, 15) is 4.79 Å². The van der Waals surface area contributed by atoms with Crippen molar-refractivity contribution in [3.63, 3.8) is 0 Å². The fourth-order valence-electron chi connectivity index (χ4n) is 1.62. The largest absolute Gasteiger partial charge is 0.395 e. The molecule has 1 amide bonds. The molecule has 0 aromatic carbocycles. The fourth-order valence-corrected chi connectivity index (χ4v) is 2.39. The van der Waals surface area contributed by atoms with E-state index in [2.05, 4.69) is 45.9 Å². The van der Waals surface area contributed by atoms with Crippen molar-refractivity contribution in [3.8, 4) is 0 Å². The van der Waals surface area contributed by atoms with E-state index in [-0.39, 0.29) is 31.0 Å². The Morgan fingerprint density at radius 1 is 1.45 bits per heavy atom. The zero-order chi connectivity index (χ0) is 16.2. The number of amides is 1. The minimum Gasteiger partial charge on any atom is -0.395 e. The number of carbonyl (C=O) groups is 1. The van der Waals surface area contributed by atoms with Gasteiger partial charge in [0.05, 0.1) is 18.5 Å². The first-order valence-electron chi connectivity index (χ1n) is 6.89. The standard InChI is InChI=1S/C13H20N6O2S/c1-13(2,3)11-17-12(22-18-11)16-9-6-15-19(7-9)8-10(21)14-4-5-20/h6-7,20H,4-5,8H2,1-3H3,(H,14,21)(H,16,17,18). The third-order valence-corrected chi connectivity index (χ3v) is 3.35. The molecule has 2 heterocycles. The second-order valence-electron chi connectivity index (χ2n) is 5.80. The van der Waals surface area contributed by atoms with Gasteiger partial charge in [-0.1, -0.05) is 20.8 Å². The van der Waals surface area contributed by atoms with Gasteiger partial charge >= 0.3 is 0 Å². The molecular weight excluding hydrogens is 304 g/mol. The van der Waals surface area contributed by atoms with Crippen molar-refractivity contribution in [2.75, 3.05) is 18.5 Å². The first-order valence-corrected chi connectivity index (χ1v) is 7.67. The van der Waals surface area contributed by atoms with Crippen molar-refractivity contribution in [1.29, 1.82) is 0 Å². The minimum absolute atomic E-state index is 0.0786. The first-order chi connectivity index (χ1) is 10.4. The van der Waals surface area contributed by atoms with Gasteiger partial charge in [0, 0.05) is 29.7 Å². The van der Waals surface area contributed by atoms with Crippen LogP contribution >= 0.6 is 11.5 Å². The van der Waals surface area contributed by atoms with Crippen molar-refractivity contribution in [3.05, 3.63) is 18.2 Å².